The summed E-state index contributed by atoms with van der Waals surface area (Å²) in [5.41, 5.74) is 0. The number of likely N-dealkylation sites (tertiary alicyclic amines) is 1. The zero-order valence-electron chi connectivity index (χ0n) is 13.6. The van der Waals surface area contributed by atoms with E-state index < -0.39 is 0 Å². The molecule has 0 aromatic carbocycles. The van der Waals surface area contributed by atoms with Crippen molar-refractivity contribution in [3.05, 3.63) is 0 Å². The SMILES string of the molecule is C[C@H](C(=O)N1CCCCCC1)N1CCN(C[C@@H](C)O)CC1. The molecular formula is C16H31N3O2. The topological polar surface area (TPSA) is 47.0 Å². The fraction of sp³-hybridized carbons (Fsp3) is 0.938. The van der Waals surface area contributed by atoms with Crippen molar-refractivity contribution in [3.63, 3.8) is 0 Å². The second-order valence-corrected chi connectivity index (χ2v) is 6.60. The standard InChI is InChI=1S/C16H31N3O2/c1-14(20)13-17-9-11-18(12-10-17)15(2)16(21)19-7-5-3-4-6-8-19/h14-15,20H,3-13H2,1-2H3/t14-,15-/m1/s1. The third-order valence-corrected chi connectivity index (χ3v) is 4.75. The highest BCUT2D eigenvalue weighted by Gasteiger charge is 2.29. The summed E-state index contributed by atoms with van der Waals surface area (Å²) in [5, 5.41) is 9.45. The smallest absolute Gasteiger partial charge is 0.239 e. The summed E-state index contributed by atoms with van der Waals surface area (Å²) < 4.78 is 0. The van der Waals surface area contributed by atoms with Crippen molar-refractivity contribution in [2.75, 3.05) is 45.8 Å². The Kier molecular flexibility index (Phi) is 6.45. The number of rotatable bonds is 4. The first-order valence-corrected chi connectivity index (χ1v) is 8.51. The summed E-state index contributed by atoms with van der Waals surface area (Å²) >= 11 is 0. The average Bonchev–Trinajstić information content (AvgIpc) is 2.75. The first-order valence-electron chi connectivity index (χ1n) is 8.51. The van der Waals surface area contributed by atoms with E-state index in [0.717, 1.165) is 58.7 Å². The molecule has 0 aromatic heterocycles. The molecule has 0 saturated carbocycles. The third kappa shape index (κ3) is 4.94. The number of aliphatic hydroxyl groups is 1. The van der Waals surface area contributed by atoms with Crippen LogP contribution in [-0.2, 0) is 4.79 Å². The van der Waals surface area contributed by atoms with E-state index in [1.807, 2.05) is 6.92 Å². The molecule has 0 spiro atoms. The number of nitrogens with zero attached hydrogens (tertiary/aromatic N) is 3. The summed E-state index contributed by atoms with van der Waals surface area (Å²) in [6.45, 7) is 10.2. The van der Waals surface area contributed by atoms with Crippen LogP contribution in [0.1, 0.15) is 39.5 Å². The summed E-state index contributed by atoms with van der Waals surface area (Å²) in [4.78, 5) is 19.3. The molecule has 2 saturated heterocycles. The molecule has 5 nitrogen and oxygen atoms in total. The van der Waals surface area contributed by atoms with Crippen LogP contribution in [0.25, 0.3) is 0 Å². The third-order valence-electron chi connectivity index (χ3n) is 4.75. The zero-order chi connectivity index (χ0) is 15.2. The average molecular weight is 297 g/mol. The molecule has 0 aromatic rings. The van der Waals surface area contributed by atoms with Crippen LogP contribution in [0.5, 0.6) is 0 Å². The van der Waals surface area contributed by atoms with E-state index in [0.29, 0.717) is 5.91 Å². The molecule has 21 heavy (non-hydrogen) atoms. The van der Waals surface area contributed by atoms with Gasteiger partial charge in [0.1, 0.15) is 0 Å². The molecule has 2 fully saturated rings. The maximum absolute atomic E-state index is 12.6. The van der Waals surface area contributed by atoms with Crippen LogP contribution in [0.2, 0.25) is 0 Å². The van der Waals surface area contributed by atoms with Gasteiger partial charge in [-0.15, -0.1) is 0 Å². The lowest BCUT2D eigenvalue weighted by Gasteiger charge is -2.39. The fourth-order valence-electron chi connectivity index (χ4n) is 3.42. The first kappa shape index (κ1) is 16.7. The maximum atomic E-state index is 12.6. The van der Waals surface area contributed by atoms with Gasteiger partial charge >= 0.3 is 0 Å². The Balaban J connectivity index is 1.80. The van der Waals surface area contributed by atoms with Crippen molar-refractivity contribution in [3.8, 4) is 0 Å². The van der Waals surface area contributed by atoms with Crippen molar-refractivity contribution >= 4 is 5.91 Å². The number of amides is 1. The number of aliphatic hydroxyl groups excluding tert-OH is 1. The molecule has 2 heterocycles. The summed E-state index contributed by atoms with van der Waals surface area (Å²) in [7, 11) is 0. The highest BCUT2D eigenvalue weighted by molar-refractivity contribution is 5.81. The molecule has 2 rings (SSSR count). The summed E-state index contributed by atoms with van der Waals surface area (Å²) in [6, 6.07) is -0.00296. The molecule has 2 atom stereocenters. The van der Waals surface area contributed by atoms with Gasteiger partial charge < -0.3 is 10.0 Å². The van der Waals surface area contributed by atoms with Gasteiger partial charge in [0.15, 0.2) is 0 Å². The highest BCUT2D eigenvalue weighted by atomic mass is 16.3. The van der Waals surface area contributed by atoms with Crippen LogP contribution in [0.15, 0.2) is 0 Å². The van der Waals surface area contributed by atoms with E-state index in [4.69, 9.17) is 0 Å². The largest absolute Gasteiger partial charge is 0.392 e. The minimum atomic E-state index is -0.271. The monoisotopic (exact) mass is 297 g/mol. The number of β-amino-alcohol motifs (C(OH)–C–C–N with tert-alkyl or cyclic N) is 1. The van der Waals surface area contributed by atoms with Gasteiger partial charge in [-0.3, -0.25) is 14.6 Å². The lowest BCUT2D eigenvalue weighted by Crippen LogP contribution is -2.55. The molecule has 1 N–H and O–H groups in total. The molecule has 1 amide bonds. The van der Waals surface area contributed by atoms with Gasteiger partial charge in [-0.25, -0.2) is 0 Å². The van der Waals surface area contributed by atoms with Crippen LogP contribution in [0, 0.1) is 0 Å². The van der Waals surface area contributed by atoms with Crippen molar-refractivity contribution in [2.45, 2.75) is 51.7 Å². The lowest BCUT2D eigenvalue weighted by atomic mass is 10.2. The minimum absolute atomic E-state index is 0.00296. The van der Waals surface area contributed by atoms with Crippen LogP contribution in [-0.4, -0.2) is 83.7 Å². The minimum Gasteiger partial charge on any atom is -0.392 e. The molecule has 5 heteroatoms. The van der Waals surface area contributed by atoms with Crippen molar-refractivity contribution in [2.24, 2.45) is 0 Å². The van der Waals surface area contributed by atoms with E-state index in [1.165, 1.54) is 12.8 Å². The van der Waals surface area contributed by atoms with Crippen LogP contribution in [0.3, 0.4) is 0 Å². The number of carbonyl (C=O) groups is 1. The van der Waals surface area contributed by atoms with Gasteiger partial charge in [-0.2, -0.15) is 0 Å². The van der Waals surface area contributed by atoms with Gasteiger partial charge in [0.2, 0.25) is 5.91 Å². The van der Waals surface area contributed by atoms with Crippen LogP contribution >= 0.6 is 0 Å². The second kappa shape index (κ2) is 8.11. The quantitative estimate of drug-likeness (QED) is 0.833. The van der Waals surface area contributed by atoms with Gasteiger partial charge in [0.05, 0.1) is 12.1 Å². The Labute approximate surface area is 128 Å². The van der Waals surface area contributed by atoms with Gasteiger partial charge in [0.25, 0.3) is 0 Å². The van der Waals surface area contributed by atoms with Crippen molar-refractivity contribution in [1.29, 1.82) is 0 Å². The molecule has 0 bridgehead atoms. The van der Waals surface area contributed by atoms with Crippen molar-refractivity contribution in [1.82, 2.24) is 14.7 Å². The number of piperazine rings is 1. The Morgan fingerprint density at radius 3 is 2.05 bits per heavy atom. The predicted molar refractivity (Wildman–Crippen MR) is 84.2 cm³/mol. The second-order valence-electron chi connectivity index (χ2n) is 6.60. The van der Waals surface area contributed by atoms with Crippen LogP contribution in [0.4, 0.5) is 0 Å². The van der Waals surface area contributed by atoms with Gasteiger partial charge in [-0.05, 0) is 26.7 Å². The molecule has 2 aliphatic rings. The Bertz CT molecular complexity index is 319. The number of hydrogen-bond acceptors (Lipinski definition) is 4. The van der Waals surface area contributed by atoms with Gasteiger partial charge in [-0.1, -0.05) is 12.8 Å². The van der Waals surface area contributed by atoms with E-state index in [-0.39, 0.29) is 12.1 Å². The Morgan fingerprint density at radius 2 is 1.52 bits per heavy atom. The summed E-state index contributed by atoms with van der Waals surface area (Å²) in [5.74, 6) is 0.306. The van der Waals surface area contributed by atoms with E-state index in [1.54, 1.807) is 0 Å². The first-order chi connectivity index (χ1) is 10.1. The highest BCUT2D eigenvalue weighted by Crippen LogP contribution is 2.14. The molecule has 0 unspecified atom stereocenters. The fourth-order valence-corrected chi connectivity index (χ4v) is 3.42. The van der Waals surface area contributed by atoms with E-state index in [2.05, 4.69) is 21.6 Å². The maximum Gasteiger partial charge on any atom is 0.239 e. The number of hydrogen-bond donors (Lipinski definition) is 1. The van der Waals surface area contributed by atoms with Crippen molar-refractivity contribution < 1.29 is 9.90 Å². The van der Waals surface area contributed by atoms with E-state index >= 15 is 0 Å². The predicted octanol–water partition coefficient (Wildman–Crippen LogP) is 0.776. The lowest BCUT2D eigenvalue weighted by molar-refractivity contribution is -0.137. The normalized spacial score (nSPS) is 25.4. The summed E-state index contributed by atoms with van der Waals surface area (Å²) in [6.07, 6.45) is 4.56. The molecule has 122 valence electrons. The molecule has 2 aliphatic heterocycles. The van der Waals surface area contributed by atoms with Crippen LogP contribution < -0.4 is 0 Å². The number of carbonyl (C=O) groups excluding carboxylic acids is 1. The Hall–Kier alpha value is -0.650. The zero-order valence-corrected chi connectivity index (χ0v) is 13.6. The van der Waals surface area contributed by atoms with Gasteiger partial charge in [0, 0.05) is 45.8 Å². The van der Waals surface area contributed by atoms with E-state index in [9.17, 15) is 9.90 Å². The Morgan fingerprint density at radius 1 is 0.952 bits per heavy atom. The molecule has 0 aliphatic carbocycles. The molecular weight excluding hydrogens is 266 g/mol. The molecule has 0 radical (unpaired) electrons.